The van der Waals surface area contributed by atoms with Crippen molar-refractivity contribution in [2.45, 2.75) is 19.5 Å². The second kappa shape index (κ2) is 6.25. The number of hydrogen-bond acceptors (Lipinski definition) is 2. The molecule has 0 saturated heterocycles. The van der Waals surface area contributed by atoms with E-state index in [0.29, 0.717) is 0 Å². The minimum absolute atomic E-state index is 0.218. The molecule has 0 bridgehead atoms. The van der Waals surface area contributed by atoms with E-state index in [1.165, 1.54) is 11.8 Å². The van der Waals surface area contributed by atoms with Crippen molar-refractivity contribution in [1.82, 2.24) is 4.90 Å². The summed E-state index contributed by atoms with van der Waals surface area (Å²) in [5.41, 5.74) is 0.874. The zero-order valence-corrected chi connectivity index (χ0v) is 10.2. The molecule has 0 heterocycles. The van der Waals surface area contributed by atoms with Gasteiger partial charge in [0.25, 0.3) is 0 Å². The molecule has 1 aromatic carbocycles. The van der Waals surface area contributed by atoms with Gasteiger partial charge in [0, 0.05) is 6.54 Å². The van der Waals surface area contributed by atoms with Crippen LogP contribution in [0.3, 0.4) is 0 Å². The molecule has 0 aliphatic heterocycles. The van der Waals surface area contributed by atoms with Crippen molar-refractivity contribution >= 4 is 23.5 Å². The van der Waals surface area contributed by atoms with Crippen LogP contribution in [0.2, 0.25) is 0 Å². The van der Waals surface area contributed by atoms with Gasteiger partial charge in [-0.1, -0.05) is 30.3 Å². The van der Waals surface area contributed by atoms with Crippen molar-refractivity contribution in [1.29, 1.82) is 0 Å². The Morgan fingerprint density at radius 2 is 1.94 bits per heavy atom. The van der Waals surface area contributed by atoms with Gasteiger partial charge in [-0.2, -0.15) is 0 Å². The Morgan fingerprint density at radius 1 is 1.35 bits per heavy atom. The number of halogens is 1. The highest BCUT2D eigenvalue weighted by Crippen LogP contribution is 2.09. The fourth-order valence-electron chi connectivity index (χ4n) is 1.43. The Bertz CT molecular complexity index is 394. The molecule has 5 heteroatoms. The number of aliphatic carboxylic acids is 1. The van der Waals surface area contributed by atoms with Gasteiger partial charge in [-0.15, -0.1) is 11.6 Å². The molecule has 0 saturated carbocycles. The van der Waals surface area contributed by atoms with Gasteiger partial charge in [-0.25, -0.2) is 4.79 Å². The van der Waals surface area contributed by atoms with E-state index in [1.807, 2.05) is 30.3 Å². The predicted molar refractivity (Wildman–Crippen MR) is 64.8 cm³/mol. The van der Waals surface area contributed by atoms with Crippen LogP contribution < -0.4 is 0 Å². The van der Waals surface area contributed by atoms with Crippen LogP contribution in [-0.2, 0) is 16.1 Å². The summed E-state index contributed by atoms with van der Waals surface area (Å²) in [4.78, 5) is 23.8. The Labute approximate surface area is 105 Å². The molecular weight excluding hydrogens is 242 g/mol. The fourth-order valence-corrected chi connectivity index (χ4v) is 1.58. The summed E-state index contributed by atoms with van der Waals surface area (Å²) in [6.45, 7) is 1.72. The summed E-state index contributed by atoms with van der Waals surface area (Å²) in [6.07, 6.45) is 0. The molecule has 1 atom stereocenters. The lowest BCUT2D eigenvalue weighted by Crippen LogP contribution is -2.43. The largest absolute Gasteiger partial charge is 0.480 e. The third kappa shape index (κ3) is 3.75. The molecule has 0 aliphatic rings. The molecule has 1 rings (SSSR count). The molecule has 1 aromatic rings. The molecule has 0 spiro atoms. The first kappa shape index (κ1) is 13.5. The lowest BCUT2D eigenvalue weighted by molar-refractivity contribution is -0.149. The molecule has 1 amide bonds. The van der Waals surface area contributed by atoms with Gasteiger partial charge in [0.05, 0.1) is 0 Å². The second-order valence-corrected chi connectivity index (χ2v) is 3.92. The smallest absolute Gasteiger partial charge is 0.326 e. The van der Waals surface area contributed by atoms with E-state index in [1.54, 1.807) is 0 Å². The third-order valence-corrected chi connectivity index (χ3v) is 2.68. The van der Waals surface area contributed by atoms with Crippen LogP contribution >= 0.6 is 11.6 Å². The average molecular weight is 256 g/mol. The van der Waals surface area contributed by atoms with E-state index in [2.05, 4.69) is 0 Å². The monoisotopic (exact) mass is 255 g/mol. The molecular formula is C12H14ClNO3. The van der Waals surface area contributed by atoms with E-state index < -0.39 is 12.0 Å². The maximum Gasteiger partial charge on any atom is 0.326 e. The van der Waals surface area contributed by atoms with Crippen molar-refractivity contribution in [3.8, 4) is 0 Å². The number of alkyl halides is 1. The number of hydrogen-bond donors (Lipinski definition) is 1. The molecule has 0 radical (unpaired) electrons. The highest BCUT2D eigenvalue weighted by Gasteiger charge is 2.24. The van der Waals surface area contributed by atoms with E-state index in [4.69, 9.17) is 16.7 Å². The van der Waals surface area contributed by atoms with Crippen LogP contribution in [0.4, 0.5) is 0 Å². The molecule has 0 aliphatic carbocycles. The van der Waals surface area contributed by atoms with Crippen LogP contribution in [0.1, 0.15) is 12.5 Å². The summed E-state index contributed by atoms with van der Waals surface area (Å²) in [7, 11) is 0. The zero-order chi connectivity index (χ0) is 12.8. The van der Waals surface area contributed by atoms with Crippen LogP contribution in [-0.4, -0.2) is 33.8 Å². The van der Waals surface area contributed by atoms with Gasteiger partial charge in [0.15, 0.2) is 0 Å². The van der Waals surface area contributed by atoms with Crippen molar-refractivity contribution in [2.24, 2.45) is 0 Å². The number of carbonyl (C=O) groups is 2. The maximum absolute atomic E-state index is 11.6. The van der Waals surface area contributed by atoms with Gasteiger partial charge >= 0.3 is 5.97 Å². The minimum atomic E-state index is -1.04. The van der Waals surface area contributed by atoms with Crippen LogP contribution in [0.25, 0.3) is 0 Å². The summed E-state index contributed by atoms with van der Waals surface area (Å²) < 4.78 is 0. The van der Waals surface area contributed by atoms with Crippen LogP contribution in [0.5, 0.6) is 0 Å². The third-order valence-electron chi connectivity index (χ3n) is 2.46. The molecule has 1 N–H and O–H groups in total. The molecule has 1 unspecified atom stereocenters. The van der Waals surface area contributed by atoms with Crippen LogP contribution in [0, 0.1) is 0 Å². The van der Waals surface area contributed by atoms with Crippen molar-refractivity contribution in [2.75, 3.05) is 5.88 Å². The number of amides is 1. The Hall–Kier alpha value is -1.55. The number of carboxylic acids is 1. The number of benzene rings is 1. The topological polar surface area (TPSA) is 57.6 Å². The van der Waals surface area contributed by atoms with Crippen LogP contribution in [0.15, 0.2) is 30.3 Å². The van der Waals surface area contributed by atoms with Gasteiger partial charge in [0.1, 0.15) is 11.9 Å². The normalized spacial score (nSPS) is 11.9. The Kier molecular flexibility index (Phi) is 4.97. The molecule has 4 nitrogen and oxygen atoms in total. The number of rotatable bonds is 5. The summed E-state index contributed by atoms with van der Waals surface area (Å²) in [5, 5.41) is 8.94. The van der Waals surface area contributed by atoms with Gasteiger partial charge < -0.3 is 10.0 Å². The molecule has 0 fully saturated rings. The van der Waals surface area contributed by atoms with E-state index in [9.17, 15) is 9.59 Å². The Morgan fingerprint density at radius 3 is 2.41 bits per heavy atom. The number of nitrogens with zero attached hydrogens (tertiary/aromatic N) is 1. The first-order chi connectivity index (χ1) is 8.06. The summed E-state index contributed by atoms with van der Waals surface area (Å²) >= 11 is 5.48. The predicted octanol–water partition coefficient (Wildman–Crippen LogP) is 1.73. The summed E-state index contributed by atoms with van der Waals surface area (Å²) in [5.74, 6) is -1.64. The quantitative estimate of drug-likeness (QED) is 0.815. The fraction of sp³-hybridized carbons (Fsp3) is 0.333. The standard InChI is InChI=1S/C12H14ClNO3/c1-9(12(16)17)14(11(15)7-13)8-10-5-3-2-4-6-10/h2-6,9H,7-8H2,1H3,(H,16,17). The molecule has 92 valence electrons. The highest BCUT2D eigenvalue weighted by molar-refractivity contribution is 6.27. The first-order valence-corrected chi connectivity index (χ1v) is 5.72. The number of carboxylic acid groups (broad SMARTS) is 1. The Balaban J connectivity index is 2.85. The van der Waals surface area contributed by atoms with Gasteiger partial charge in [-0.3, -0.25) is 4.79 Å². The minimum Gasteiger partial charge on any atom is -0.480 e. The molecule has 17 heavy (non-hydrogen) atoms. The highest BCUT2D eigenvalue weighted by atomic mass is 35.5. The zero-order valence-electron chi connectivity index (χ0n) is 9.47. The van der Waals surface area contributed by atoms with E-state index in [0.717, 1.165) is 5.56 Å². The lowest BCUT2D eigenvalue weighted by Gasteiger charge is -2.25. The average Bonchev–Trinajstić information content (AvgIpc) is 2.35. The second-order valence-electron chi connectivity index (χ2n) is 3.66. The van der Waals surface area contributed by atoms with Crippen molar-refractivity contribution in [3.63, 3.8) is 0 Å². The SMILES string of the molecule is CC(C(=O)O)N(Cc1ccccc1)C(=O)CCl. The van der Waals surface area contributed by atoms with E-state index >= 15 is 0 Å². The van der Waals surface area contributed by atoms with E-state index in [-0.39, 0.29) is 18.3 Å². The maximum atomic E-state index is 11.6. The van der Waals surface area contributed by atoms with Crippen molar-refractivity contribution < 1.29 is 14.7 Å². The summed E-state index contributed by atoms with van der Waals surface area (Å²) in [6, 6.07) is 8.32. The van der Waals surface area contributed by atoms with Gasteiger partial charge in [0.2, 0.25) is 5.91 Å². The van der Waals surface area contributed by atoms with Gasteiger partial charge in [-0.05, 0) is 12.5 Å². The van der Waals surface area contributed by atoms with Crippen molar-refractivity contribution in [3.05, 3.63) is 35.9 Å². The molecule has 0 aromatic heterocycles. The lowest BCUT2D eigenvalue weighted by atomic mass is 10.2. The first-order valence-electron chi connectivity index (χ1n) is 5.18. The number of carbonyl (C=O) groups excluding carboxylic acids is 1.